The molecule has 6 heterocycles. The summed E-state index contributed by atoms with van der Waals surface area (Å²) < 4.78 is 6.99. The highest BCUT2D eigenvalue weighted by molar-refractivity contribution is 14.2. The van der Waals surface area contributed by atoms with Crippen molar-refractivity contribution < 1.29 is 9.59 Å². The van der Waals surface area contributed by atoms with Gasteiger partial charge in [0.2, 0.25) is 11.8 Å². The van der Waals surface area contributed by atoms with Crippen LogP contribution in [-0.4, -0.2) is 106 Å². The third-order valence-corrected chi connectivity index (χ3v) is 13.5. The highest BCUT2D eigenvalue weighted by Crippen LogP contribution is 2.35. The highest BCUT2D eigenvalue weighted by atomic mass is 127. The largest absolute Gasteiger partial charge is 0.394 e. The Hall–Kier alpha value is -4.60. The molecule has 316 valence electrons. The molecule has 0 radical (unpaired) electrons. The zero-order valence-corrected chi connectivity index (χ0v) is 40.2. The summed E-state index contributed by atoms with van der Waals surface area (Å²) >= 11 is 4.53. The normalized spacial score (nSPS) is 11.9. The van der Waals surface area contributed by atoms with Crippen LogP contribution < -0.4 is 32.0 Å². The smallest absolute Gasteiger partial charge is 0.274 e. The summed E-state index contributed by atoms with van der Waals surface area (Å²) in [6.07, 6.45) is 8.69. The molecule has 19 nitrogen and oxygen atoms in total. The zero-order valence-electron chi connectivity index (χ0n) is 33.8. The molecule has 0 aliphatic carbocycles. The lowest BCUT2D eigenvalue weighted by Crippen LogP contribution is -2.27. The number of amides is 2. The van der Waals surface area contributed by atoms with Gasteiger partial charge in [-0.15, -0.1) is 0 Å². The molecule has 2 atom stereocenters. The Bertz CT molecular complexity index is 2710. The van der Waals surface area contributed by atoms with E-state index in [1.165, 1.54) is 15.2 Å². The van der Waals surface area contributed by atoms with Crippen molar-refractivity contribution in [3.63, 3.8) is 0 Å². The summed E-state index contributed by atoms with van der Waals surface area (Å²) in [5.41, 5.74) is 8.20. The fraction of sp³-hybridized carbons (Fsp3) is 0.351. The van der Waals surface area contributed by atoms with E-state index >= 15 is 0 Å². The number of hydrogen-bond donors (Lipinski definition) is 2. The summed E-state index contributed by atoms with van der Waals surface area (Å²) in [6.45, 7) is 2.62. The third kappa shape index (κ3) is 10.1. The number of aryl methyl sites for hydroxylation is 1. The second kappa shape index (κ2) is 19.9. The number of pyridine rings is 2. The van der Waals surface area contributed by atoms with Gasteiger partial charge in [-0.2, -0.15) is 0 Å². The van der Waals surface area contributed by atoms with Crippen LogP contribution in [0, 0.1) is 6.92 Å². The third-order valence-electron chi connectivity index (χ3n) is 9.34. The lowest BCUT2D eigenvalue weighted by atomic mass is 10.2. The predicted molar refractivity (Wildman–Crippen MR) is 256 cm³/mol. The van der Waals surface area contributed by atoms with Crippen LogP contribution in [0.2, 0.25) is 0 Å². The van der Waals surface area contributed by atoms with Crippen molar-refractivity contribution in [1.29, 1.82) is 0 Å². The van der Waals surface area contributed by atoms with Crippen LogP contribution in [0.15, 0.2) is 58.4 Å². The molecule has 2 amide bonds. The Morgan fingerprint density at radius 3 is 2.02 bits per heavy atom. The van der Waals surface area contributed by atoms with E-state index in [2.05, 4.69) is 59.4 Å². The predicted octanol–water partition coefficient (Wildman–Crippen LogP) is 4.36. The summed E-state index contributed by atoms with van der Waals surface area (Å²) in [4.78, 5) is 85.7. The number of nitrogens with two attached hydrogens (primary N) is 1. The van der Waals surface area contributed by atoms with Crippen molar-refractivity contribution in [2.24, 2.45) is 0 Å². The average Bonchev–Trinajstić information content (AvgIpc) is 3.75. The molecule has 0 aromatic carbocycles. The quantitative estimate of drug-likeness (QED) is 0.0564. The minimum atomic E-state index is -0.346. The van der Waals surface area contributed by atoms with E-state index in [1.807, 2.05) is 53.6 Å². The molecule has 6 aromatic rings. The number of fused-ring (bicyclic) bond motifs is 2. The molecule has 6 aromatic heterocycles. The molecule has 6 rings (SSSR count). The number of rotatable bonds is 17. The maximum absolute atomic E-state index is 13.4. The first-order valence-corrected chi connectivity index (χ1v) is 26.8. The standard InChI is InChI=1S/C37H45I2N15O4P2/c1-22-41-32(48(2)3)30-34(42-22)53(59-38)27(46-30)21-52-18-11-13-24(37(52)58)43-28(55)14-8-7-9-15-29(56)50(6)19-16-25-44-33(49(4)5)31-35(45-25)54(60-39)26(47-31)20-51-17-10-12-23(40)36(51)57/h9-13,15,17-18,59-60H,7-8,14,16,19-21,40H2,1-6H3,(H,43,55)/b15-9+. The summed E-state index contributed by atoms with van der Waals surface area (Å²) in [7, 11) is 9.27. The number of nitrogen functional groups attached to an aromatic ring is 1. The fourth-order valence-electron chi connectivity index (χ4n) is 6.28. The number of carbonyl (C=O) groups excluding carboxylic acids is 2. The lowest BCUT2D eigenvalue weighted by molar-refractivity contribution is -0.124. The highest BCUT2D eigenvalue weighted by Gasteiger charge is 2.21. The molecule has 0 saturated heterocycles. The van der Waals surface area contributed by atoms with Gasteiger partial charge in [-0.1, -0.05) is 6.08 Å². The van der Waals surface area contributed by atoms with Gasteiger partial charge in [0.05, 0.1) is 31.5 Å². The molecule has 0 fully saturated rings. The number of imidazole rings is 2. The molecular formula is C37H45I2N15O4P2. The van der Waals surface area contributed by atoms with E-state index in [0.29, 0.717) is 89.4 Å². The number of unbranched alkanes of at least 4 members (excludes halogenated alkanes) is 1. The van der Waals surface area contributed by atoms with Gasteiger partial charge in [0, 0.05) is 67.0 Å². The zero-order chi connectivity index (χ0) is 43.2. The van der Waals surface area contributed by atoms with E-state index in [4.69, 9.17) is 25.7 Å². The van der Waals surface area contributed by atoms with Crippen LogP contribution in [0.4, 0.5) is 23.0 Å². The van der Waals surface area contributed by atoms with E-state index in [0.717, 1.165) is 0 Å². The first-order chi connectivity index (χ1) is 28.7. The first kappa shape index (κ1) is 44.9. The molecule has 0 aliphatic rings. The van der Waals surface area contributed by atoms with Gasteiger partial charge in [0.25, 0.3) is 11.1 Å². The lowest BCUT2D eigenvalue weighted by Gasteiger charge is -2.16. The number of likely N-dealkylation sites (N-methyl/N-ethyl adjacent to an activating group) is 1. The van der Waals surface area contributed by atoms with Gasteiger partial charge in [-0.3, -0.25) is 27.9 Å². The molecule has 23 heteroatoms. The van der Waals surface area contributed by atoms with E-state index < -0.39 is 0 Å². The molecule has 0 saturated carbocycles. The van der Waals surface area contributed by atoms with Gasteiger partial charge >= 0.3 is 0 Å². The number of nitrogens with one attached hydrogen (secondary N) is 1. The number of carbonyl (C=O) groups is 2. The fourth-order valence-corrected chi connectivity index (χ4v) is 10.2. The number of aromatic nitrogens is 10. The molecule has 3 N–H and O–H groups in total. The SMILES string of the molecule is Cc1nc(N(C)C)c2nc(Cn3cccc(NC(=O)CCC/C=C/C(=O)N(C)CCc4nc(N(C)C)c5nc(Cn6cccc(N)c6=O)n(PI)c5n4)c3=O)n(PI)c2n1. The minimum absolute atomic E-state index is 0.162. The Kier molecular flexibility index (Phi) is 14.9. The number of allylic oxidation sites excluding steroid dienone is 1. The summed E-state index contributed by atoms with van der Waals surface area (Å²) in [5, 5.41) is 2.75. The molecule has 60 heavy (non-hydrogen) atoms. The van der Waals surface area contributed by atoms with Crippen molar-refractivity contribution in [3.05, 3.63) is 92.8 Å². The van der Waals surface area contributed by atoms with E-state index in [1.54, 1.807) is 54.7 Å². The Balaban J connectivity index is 1.02. The van der Waals surface area contributed by atoms with Gasteiger partial charge in [0.1, 0.15) is 29.0 Å². The monoisotopic (exact) mass is 1080 g/mol. The average molecular weight is 1080 g/mol. The van der Waals surface area contributed by atoms with Gasteiger partial charge < -0.3 is 34.9 Å². The van der Waals surface area contributed by atoms with E-state index in [-0.39, 0.29) is 60.2 Å². The van der Waals surface area contributed by atoms with Gasteiger partial charge in [0.15, 0.2) is 34.0 Å². The number of hydrogen-bond acceptors (Lipinski definition) is 13. The van der Waals surface area contributed by atoms with Crippen LogP contribution in [-0.2, 0) is 29.1 Å². The maximum atomic E-state index is 13.4. The van der Waals surface area contributed by atoms with Gasteiger partial charge in [-0.25, -0.2) is 29.9 Å². The second-order valence-electron chi connectivity index (χ2n) is 14.2. The molecule has 2 unspecified atom stereocenters. The Morgan fingerprint density at radius 2 is 1.40 bits per heavy atom. The molecule has 0 aliphatic heterocycles. The Labute approximate surface area is 374 Å². The first-order valence-electron chi connectivity index (χ1n) is 18.7. The van der Waals surface area contributed by atoms with Crippen LogP contribution in [0.3, 0.4) is 0 Å². The molecular weight excluding hydrogens is 1030 g/mol. The van der Waals surface area contributed by atoms with E-state index in [9.17, 15) is 19.2 Å². The number of nitrogens with zero attached hydrogens (tertiary/aromatic N) is 13. The second-order valence-corrected chi connectivity index (χ2v) is 18.3. The molecule has 0 bridgehead atoms. The van der Waals surface area contributed by atoms with Gasteiger partial charge in [-0.05, 0) is 94.2 Å². The van der Waals surface area contributed by atoms with Crippen molar-refractivity contribution in [1.82, 2.24) is 52.6 Å². The van der Waals surface area contributed by atoms with Crippen LogP contribution in [0.1, 0.15) is 42.6 Å². The minimum Gasteiger partial charge on any atom is -0.394 e. The summed E-state index contributed by atoms with van der Waals surface area (Å²) in [6, 6.07) is 6.59. The number of halogens is 2. The van der Waals surface area contributed by atoms with Crippen LogP contribution >= 0.6 is 56.8 Å². The topological polar surface area (TPSA) is 213 Å². The van der Waals surface area contributed by atoms with Crippen LogP contribution in [0.5, 0.6) is 0 Å². The van der Waals surface area contributed by atoms with Crippen LogP contribution in [0.25, 0.3) is 22.3 Å². The van der Waals surface area contributed by atoms with Crippen molar-refractivity contribution in [3.8, 4) is 0 Å². The number of anilines is 4. The maximum Gasteiger partial charge on any atom is 0.274 e. The van der Waals surface area contributed by atoms with Crippen molar-refractivity contribution in [2.45, 2.75) is 45.7 Å². The Morgan fingerprint density at radius 1 is 0.817 bits per heavy atom. The summed E-state index contributed by atoms with van der Waals surface area (Å²) in [5.74, 6) is 3.35. The molecule has 0 spiro atoms. The van der Waals surface area contributed by atoms with Crippen molar-refractivity contribution in [2.75, 3.05) is 62.6 Å². The van der Waals surface area contributed by atoms with Crippen molar-refractivity contribution >= 4 is 114 Å².